The zero-order chi connectivity index (χ0) is 8.27. The molecule has 1 atom stereocenters. The molecule has 0 aliphatic heterocycles. The molecule has 1 aromatic rings. The number of halogens is 2. The number of hydrogen-bond donors (Lipinski definition) is 1. The molecule has 0 spiro atoms. The SMILES string of the molecule is COC(c1ncn[nH]1)C(F)F. The van der Waals surface area contributed by atoms with Gasteiger partial charge in [0.15, 0.2) is 11.9 Å². The van der Waals surface area contributed by atoms with Crippen molar-refractivity contribution in [3.05, 3.63) is 12.2 Å². The van der Waals surface area contributed by atoms with Gasteiger partial charge in [-0.2, -0.15) is 5.10 Å². The van der Waals surface area contributed by atoms with Gasteiger partial charge >= 0.3 is 0 Å². The minimum Gasteiger partial charge on any atom is -0.367 e. The van der Waals surface area contributed by atoms with Crippen molar-refractivity contribution < 1.29 is 13.5 Å². The summed E-state index contributed by atoms with van der Waals surface area (Å²) in [6, 6.07) is 0. The number of alkyl halides is 2. The Morgan fingerprint density at radius 1 is 1.64 bits per heavy atom. The third-order valence-corrected chi connectivity index (χ3v) is 1.19. The van der Waals surface area contributed by atoms with Gasteiger partial charge in [0.25, 0.3) is 6.43 Å². The molecule has 1 heterocycles. The van der Waals surface area contributed by atoms with E-state index in [1.165, 1.54) is 7.11 Å². The fraction of sp³-hybridized carbons (Fsp3) is 0.600. The minimum absolute atomic E-state index is 0.0440. The topological polar surface area (TPSA) is 50.8 Å². The van der Waals surface area contributed by atoms with E-state index in [1.54, 1.807) is 0 Å². The molecular formula is C5H7F2N3O. The number of nitrogens with zero attached hydrogens (tertiary/aromatic N) is 2. The number of nitrogens with one attached hydrogen (secondary N) is 1. The van der Waals surface area contributed by atoms with Crippen molar-refractivity contribution in [3.63, 3.8) is 0 Å². The van der Waals surface area contributed by atoms with Crippen LogP contribution in [0.3, 0.4) is 0 Å². The third kappa shape index (κ3) is 1.70. The van der Waals surface area contributed by atoms with E-state index in [-0.39, 0.29) is 5.82 Å². The molecule has 1 rings (SSSR count). The molecule has 0 aliphatic rings. The summed E-state index contributed by atoms with van der Waals surface area (Å²) in [5, 5.41) is 5.73. The lowest BCUT2D eigenvalue weighted by Gasteiger charge is -2.09. The first-order valence-electron chi connectivity index (χ1n) is 2.92. The van der Waals surface area contributed by atoms with Crippen LogP contribution >= 0.6 is 0 Å². The van der Waals surface area contributed by atoms with E-state index in [0.29, 0.717) is 0 Å². The monoisotopic (exact) mass is 163 g/mol. The predicted octanol–water partition coefficient (Wildman–Crippen LogP) is 0.757. The van der Waals surface area contributed by atoms with Crippen molar-refractivity contribution in [2.45, 2.75) is 12.5 Å². The second kappa shape index (κ2) is 3.38. The van der Waals surface area contributed by atoms with Gasteiger partial charge in [-0.3, -0.25) is 5.10 Å². The molecule has 0 saturated heterocycles. The molecule has 1 aromatic heterocycles. The molecule has 0 aromatic carbocycles. The number of H-pyrrole nitrogens is 1. The van der Waals surface area contributed by atoms with Gasteiger partial charge in [-0.15, -0.1) is 0 Å². The molecule has 11 heavy (non-hydrogen) atoms. The Balaban J connectivity index is 2.71. The second-order valence-corrected chi connectivity index (χ2v) is 1.86. The van der Waals surface area contributed by atoms with Crippen molar-refractivity contribution in [1.29, 1.82) is 0 Å². The maximum Gasteiger partial charge on any atom is 0.271 e. The van der Waals surface area contributed by atoms with Crippen LogP contribution in [-0.4, -0.2) is 28.7 Å². The summed E-state index contributed by atoms with van der Waals surface area (Å²) < 4.78 is 28.6. The molecule has 0 fully saturated rings. The van der Waals surface area contributed by atoms with Crippen LogP contribution in [0.2, 0.25) is 0 Å². The van der Waals surface area contributed by atoms with Crippen LogP contribution in [0.1, 0.15) is 11.9 Å². The summed E-state index contributed by atoms with van der Waals surface area (Å²) in [6.07, 6.45) is -2.74. The van der Waals surface area contributed by atoms with E-state index in [2.05, 4.69) is 19.9 Å². The summed E-state index contributed by atoms with van der Waals surface area (Å²) in [5.74, 6) is 0.0440. The van der Waals surface area contributed by atoms with Crippen LogP contribution in [0.15, 0.2) is 6.33 Å². The molecule has 4 nitrogen and oxygen atoms in total. The molecule has 0 bridgehead atoms. The quantitative estimate of drug-likeness (QED) is 0.715. The first kappa shape index (κ1) is 8.06. The number of methoxy groups -OCH3 is 1. The Morgan fingerprint density at radius 3 is 2.73 bits per heavy atom. The molecule has 6 heteroatoms. The number of ether oxygens (including phenoxy) is 1. The molecule has 1 unspecified atom stereocenters. The standard InChI is InChI=1S/C5H7F2N3O/c1-11-3(4(6)7)5-8-2-9-10-5/h2-4H,1H3,(H,8,9,10). The van der Waals surface area contributed by atoms with E-state index in [1.807, 2.05) is 0 Å². The molecule has 62 valence electrons. The Bertz CT molecular complexity index is 202. The number of hydrogen-bond acceptors (Lipinski definition) is 3. The van der Waals surface area contributed by atoms with Crippen LogP contribution in [0, 0.1) is 0 Å². The van der Waals surface area contributed by atoms with E-state index < -0.39 is 12.5 Å². The van der Waals surface area contributed by atoms with Gasteiger partial charge in [-0.05, 0) is 0 Å². The first-order chi connectivity index (χ1) is 5.25. The second-order valence-electron chi connectivity index (χ2n) is 1.86. The highest BCUT2D eigenvalue weighted by molar-refractivity contribution is 4.88. The molecule has 0 saturated carbocycles. The van der Waals surface area contributed by atoms with E-state index in [0.717, 1.165) is 6.33 Å². The van der Waals surface area contributed by atoms with Gasteiger partial charge < -0.3 is 4.74 Å². The Kier molecular flexibility index (Phi) is 2.48. The van der Waals surface area contributed by atoms with Crippen LogP contribution in [-0.2, 0) is 4.74 Å². The van der Waals surface area contributed by atoms with E-state index in [9.17, 15) is 8.78 Å². The van der Waals surface area contributed by atoms with Crippen molar-refractivity contribution in [2.75, 3.05) is 7.11 Å². The van der Waals surface area contributed by atoms with Crippen LogP contribution in [0.25, 0.3) is 0 Å². The number of aromatic amines is 1. The summed E-state index contributed by atoms with van der Waals surface area (Å²) in [7, 11) is 1.19. The maximum absolute atomic E-state index is 12.1. The lowest BCUT2D eigenvalue weighted by molar-refractivity contribution is -0.0389. The fourth-order valence-electron chi connectivity index (χ4n) is 0.686. The van der Waals surface area contributed by atoms with Crippen molar-refractivity contribution in [1.82, 2.24) is 15.2 Å². The highest BCUT2D eigenvalue weighted by Gasteiger charge is 2.24. The third-order valence-electron chi connectivity index (χ3n) is 1.19. The minimum atomic E-state index is -2.59. The van der Waals surface area contributed by atoms with Crippen LogP contribution in [0.5, 0.6) is 0 Å². The first-order valence-corrected chi connectivity index (χ1v) is 2.92. The Hall–Kier alpha value is -1.04. The summed E-state index contributed by atoms with van der Waals surface area (Å²) in [6.45, 7) is 0. The largest absolute Gasteiger partial charge is 0.367 e. The van der Waals surface area contributed by atoms with Gasteiger partial charge in [-0.1, -0.05) is 0 Å². The highest BCUT2D eigenvalue weighted by atomic mass is 19.3. The Labute approximate surface area is 61.6 Å². The maximum atomic E-state index is 12.1. The molecule has 0 aliphatic carbocycles. The van der Waals surface area contributed by atoms with Crippen molar-refractivity contribution in [2.24, 2.45) is 0 Å². The van der Waals surface area contributed by atoms with Gasteiger partial charge in [-0.25, -0.2) is 13.8 Å². The molecule has 1 N–H and O–H groups in total. The summed E-state index contributed by atoms with van der Waals surface area (Å²) >= 11 is 0. The molecular weight excluding hydrogens is 156 g/mol. The van der Waals surface area contributed by atoms with Gasteiger partial charge in [0.2, 0.25) is 0 Å². The van der Waals surface area contributed by atoms with Crippen molar-refractivity contribution >= 4 is 0 Å². The van der Waals surface area contributed by atoms with E-state index in [4.69, 9.17) is 0 Å². The van der Waals surface area contributed by atoms with Gasteiger partial charge in [0.1, 0.15) is 6.33 Å². The normalized spacial score (nSPS) is 13.8. The summed E-state index contributed by atoms with van der Waals surface area (Å²) in [5.41, 5.74) is 0. The highest BCUT2D eigenvalue weighted by Crippen LogP contribution is 2.19. The van der Waals surface area contributed by atoms with Crippen LogP contribution in [0.4, 0.5) is 8.78 Å². The van der Waals surface area contributed by atoms with Crippen LogP contribution < -0.4 is 0 Å². The number of rotatable bonds is 3. The molecule has 0 amide bonds. The predicted molar refractivity (Wildman–Crippen MR) is 32.1 cm³/mol. The number of aromatic nitrogens is 3. The zero-order valence-electron chi connectivity index (χ0n) is 5.79. The lowest BCUT2D eigenvalue weighted by Crippen LogP contribution is -2.12. The van der Waals surface area contributed by atoms with Gasteiger partial charge in [0, 0.05) is 7.11 Å². The summed E-state index contributed by atoms with van der Waals surface area (Å²) in [4.78, 5) is 3.54. The molecule has 0 radical (unpaired) electrons. The zero-order valence-corrected chi connectivity index (χ0v) is 5.79. The smallest absolute Gasteiger partial charge is 0.271 e. The average Bonchev–Trinajstić information content (AvgIpc) is 2.40. The lowest BCUT2D eigenvalue weighted by atomic mass is 10.3. The fourth-order valence-corrected chi connectivity index (χ4v) is 0.686. The van der Waals surface area contributed by atoms with E-state index >= 15 is 0 Å². The van der Waals surface area contributed by atoms with Crippen molar-refractivity contribution in [3.8, 4) is 0 Å². The average molecular weight is 163 g/mol. The van der Waals surface area contributed by atoms with Gasteiger partial charge in [0.05, 0.1) is 0 Å². The Morgan fingerprint density at radius 2 is 2.36 bits per heavy atom.